The number of benzene rings is 1. The van der Waals surface area contributed by atoms with Gasteiger partial charge in [0, 0.05) is 12.6 Å². The van der Waals surface area contributed by atoms with E-state index in [1.54, 1.807) is 7.11 Å². The summed E-state index contributed by atoms with van der Waals surface area (Å²) in [5, 5.41) is 3.02. The normalized spacial score (nSPS) is 9.64. The lowest BCUT2D eigenvalue weighted by Gasteiger charge is -2.12. The van der Waals surface area contributed by atoms with Gasteiger partial charge in [-0.05, 0) is 24.6 Å². The van der Waals surface area contributed by atoms with Crippen molar-refractivity contribution in [3.63, 3.8) is 0 Å². The molecule has 76 valence electrons. The number of nitrogens with two attached hydrogens (primary N) is 1. The Morgan fingerprint density at radius 1 is 1.50 bits per heavy atom. The van der Waals surface area contributed by atoms with Gasteiger partial charge in [-0.1, -0.05) is 6.58 Å². The molecular formula is C11H16N2O. The maximum Gasteiger partial charge on any atom is 0.119 e. The highest BCUT2D eigenvalue weighted by Gasteiger charge is 2.06. The third kappa shape index (κ3) is 1.82. The summed E-state index contributed by atoms with van der Waals surface area (Å²) in [5.74, 6) is 0.636. The molecule has 0 aliphatic heterocycles. The van der Waals surface area contributed by atoms with E-state index in [0.29, 0.717) is 11.4 Å². The molecule has 0 aromatic heterocycles. The first-order valence-electron chi connectivity index (χ1n) is 4.41. The smallest absolute Gasteiger partial charge is 0.119 e. The van der Waals surface area contributed by atoms with Crippen molar-refractivity contribution in [2.24, 2.45) is 0 Å². The van der Waals surface area contributed by atoms with Crippen LogP contribution >= 0.6 is 0 Å². The van der Waals surface area contributed by atoms with E-state index >= 15 is 0 Å². The molecule has 0 atom stereocenters. The van der Waals surface area contributed by atoms with Gasteiger partial charge in [0.25, 0.3) is 0 Å². The van der Waals surface area contributed by atoms with Crippen molar-refractivity contribution in [1.82, 2.24) is 0 Å². The Balaban J connectivity index is 3.21. The molecule has 3 N–H and O–H groups in total. The standard InChI is InChI=1S/C11H16N2O/c1-7-5-11(13-3)10(12)6-9(7)8(2)14-4/h5-6,13H,2,12H2,1,3-4H3. The average molecular weight is 192 g/mol. The van der Waals surface area contributed by atoms with Crippen LogP contribution in [0.1, 0.15) is 11.1 Å². The molecule has 14 heavy (non-hydrogen) atoms. The molecule has 0 fully saturated rings. The van der Waals surface area contributed by atoms with Crippen LogP contribution in [-0.4, -0.2) is 14.2 Å². The molecule has 0 aliphatic rings. The van der Waals surface area contributed by atoms with E-state index in [0.717, 1.165) is 16.8 Å². The first-order valence-corrected chi connectivity index (χ1v) is 4.41. The molecule has 1 aromatic rings. The molecule has 0 radical (unpaired) electrons. The predicted octanol–water partition coefficient (Wildman–Crippen LogP) is 2.24. The van der Waals surface area contributed by atoms with E-state index in [9.17, 15) is 0 Å². The lowest BCUT2D eigenvalue weighted by molar-refractivity contribution is 0.371. The van der Waals surface area contributed by atoms with Crippen LogP contribution < -0.4 is 11.1 Å². The Hall–Kier alpha value is -1.64. The molecule has 0 amide bonds. The highest BCUT2D eigenvalue weighted by Crippen LogP contribution is 2.27. The number of hydrogen-bond acceptors (Lipinski definition) is 3. The van der Waals surface area contributed by atoms with Crippen molar-refractivity contribution in [1.29, 1.82) is 0 Å². The van der Waals surface area contributed by atoms with Crippen LogP contribution in [0, 0.1) is 6.92 Å². The molecule has 0 saturated heterocycles. The minimum Gasteiger partial charge on any atom is -0.497 e. The Labute approximate surface area is 84.6 Å². The van der Waals surface area contributed by atoms with Crippen LogP contribution in [-0.2, 0) is 4.74 Å². The maximum atomic E-state index is 5.83. The van der Waals surface area contributed by atoms with Gasteiger partial charge in [-0.2, -0.15) is 0 Å². The fraction of sp³-hybridized carbons (Fsp3) is 0.273. The molecule has 0 saturated carbocycles. The van der Waals surface area contributed by atoms with Crippen molar-refractivity contribution < 1.29 is 4.74 Å². The van der Waals surface area contributed by atoms with Crippen molar-refractivity contribution >= 4 is 17.1 Å². The van der Waals surface area contributed by atoms with Gasteiger partial charge in [0.15, 0.2) is 0 Å². The highest BCUT2D eigenvalue weighted by atomic mass is 16.5. The van der Waals surface area contributed by atoms with Crippen LogP contribution in [0.25, 0.3) is 5.76 Å². The van der Waals surface area contributed by atoms with E-state index in [1.807, 2.05) is 26.1 Å². The van der Waals surface area contributed by atoms with Crippen molar-refractivity contribution in [2.75, 3.05) is 25.2 Å². The minimum atomic E-state index is 0.636. The fourth-order valence-corrected chi connectivity index (χ4v) is 1.35. The van der Waals surface area contributed by atoms with Crippen LogP contribution in [0.3, 0.4) is 0 Å². The van der Waals surface area contributed by atoms with Gasteiger partial charge < -0.3 is 15.8 Å². The molecule has 0 heterocycles. The van der Waals surface area contributed by atoms with Crippen molar-refractivity contribution in [3.8, 4) is 0 Å². The summed E-state index contributed by atoms with van der Waals surface area (Å²) in [5.41, 5.74) is 9.50. The third-order valence-corrected chi connectivity index (χ3v) is 2.21. The number of anilines is 2. The number of ether oxygens (including phenoxy) is 1. The minimum absolute atomic E-state index is 0.636. The first kappa shape index (κ1) is 10.4. The molecular weight excluding hydrogens is 176 g/mol. The Kier molecular flexibility index (Phi) is 3.02. The molecule has 3 heteroatoms. The fourth-order valence-electron chi connectivity index (χ4n) is 1.35. The molecule has 0 spiro atoms. The number of nitrogen functional groups attached to an aromatic ring is 1. The second kappa shape index (κ2) is 4.05. The summed E-state index contributed by atoms with van der Waals surface area (Å²) in [4.78, 5) is 0. The largest absolute Gasteiger partial charge is 0.497 e. The van der Waals surface area contributed by atoms with Crippen molar-refractivity contribution in [2.45, 2.75) is 6.92 Å². The summed E-state index contributed by atoms with van der Waals surface area (Å²) < 4.78 is 5.08. The summed E-state index contributed by atoms with van der Waals surface area (Å²) in [6.45, 7) is 5.80. The van der Waals surface area contributed by atoms with Crippen LogP contribution in [0.4, 0.5) is 11.4 Å². The second-order valence-electron chi connectivity index (χ2n) is 3.13. The Bertz CT molecular complexity index is 359. The monoisotopic (exact) mass is 192 g/mol. The lowest BCUT2D eigenvalue weighted by atomic mass is 10.1. The van der Waals surface area contributed by atoms with Gasteiger partial charge in [0.05, 0.1) is 18.5 Å². The Morgan fingerprint density at radius 3 is 2.64 bits per heavy atom. The number of rotatable bonds is 3. The summed E-state index contributed by atoms with van der Waals surface area (Å²) in [7, 11) is 3.44. The number of nitrogens with one attached hydrogen (secondary N) is 1. The molecule has 0 unspecified atom stereocenters. The third-order valence-electron chi connectivity index (χ3n) is 2.21. The number of aryl methyl sites for hydroxylation is 1. The van der Waals surface area contributed by atoms with E-state index in [-0.39, 0.29) is 0 Å². The number of hydrogen-bond donors (Lipinski definition) is 2. The molecule has 0 aliphatic carbocycles. The Morgan fingerprint density at radius 2 is 2.14 bits per heavy atom. The van der Waals surface area contributed by atoms with Gasteiger partial charge in [0.1, 0.15) is 5.76 Å². The van der Waals surface area contributed by atoms with Crippen LogP contribution in [0.15, 0.2) is 18.7 Å². The molecule has 3 nitrogen and oxygen atoms in total. The zero-order valence-electron chi connectivity index (χ0n) is 8.85. The van der Waals surface area contributed by atoms with Crippen molar-refractivity contribution in [3.05, 3.63) is 29.8 Å². The second-order valence-corrected chi connectivity index (χ2v) is 3.13. The quantitative estimate of drug-likeness (QED) is 0.570. The van der Waals surface area contributed by atoms with Crippen LogP contribution in [0.2, 0.25) is 0 Å². The highest BCUT2D eigenvalue weighted by molar-refractivity contribution is 5.74. The SMILES string of the molecule is C=C(OC)c1cc(N)c(NC)cc1C. The van der Waals surface area contributed by atoms with E-state index in [4.69, 9.17) is 10.5 Å². The lowest BCUT2D eigenvalue weighted by Crippen LogP contribution is -1.99. The average Bonchev–Trinajstić information content (AvgIpc) is 2.19. The van der Waals surface area contributed by atoms with Gasteiger partial charge in [0.2, 0.25) is 0 Å². The van der Waals surface area contributed by atoms with E-state index in [1.165, 1.54) is 0 Å². The van der Waals surface area contributed by atoms with E-state index < -0.39 is 0 Å². The summed E-state index contributed by atoms with van der Waals surface area (Å²) >= 11 is 0. The van der Waals surface area contributed by atoms with Crippen LogP contribution in [0.5, 0.6) is 0 Å². The first-order chi connectivity index (χ1) is 6.60. The number of methoxy groups -OCH3 is 1. The topological polar surface area (TPSA) is 47.3 Å². The summed E-state index contributed by atoms with van der Waals surface area (Å²) in [6, 6.07) is 3.85. The molecule has 1 rings (SSSR count). The predicted molar refractivity (Wildman–Crippen MR) is 61.2 cm³/mol. The summed E-state index contributed by atoms with van der Waals surface area (Å²) in [6.07, 6.45) is 0. The van der Waals surface area contributed by atoms with E-state index in [2.05, 4.69) is 11.9 Å². The van der Waals surface area contributed by atoms with Gasteiger partial charge in [-0.15, -0.1) is 0 Å². The molecule has 1 aromatic carbocycles. The zero-order chi connectivity index (χ0) is 10.7. The zero-order valence-corrected chi connectivity index (χ0v) is 8.85. The maximum absolute atomic E-state index is 5.83. The van der Waals surface area contributed by atoms with Gasteiger partial charge in [-0.3, -0.25) is 0 Å². The van der Waals surface area contributed by atoms with Gasteiger partial charge >= 0.3 is 0 Å². The van der Waals surface area contributed by atoms with Gasteiger partial charge in [-0.25, -0.2) is 0 Å². The molecule has 0 bridgehead atoms.